The molecule has 4 unspecified atom stereocenters. The highest BCUT2D eigenvalue weighted by atomic mass is 16.4. The molecule has 1 fully saturated rings. The molecule has 1 heterocycles. The maximum Gasteiger partial charge on any atom is 0.326 e. The van der Waals surface area contributed by atoms with Crippen molar-refractivity contribution >= 4 is 29.6 Å². The molecule has 0 radical (unpaired) electrons. The van der Waals surface area contributed by atoms with E-state index in [0.717, 1.165) is 0 Å². The molecular formula is C23H33N5O7. The summed E-state index contributed by atoms with van der Waals surface area (Å²) >= 11 is 0. The molecule has 0 aliphatic carbocycles. The number of aliphatic carboxylic acids is 1. The number of carboxylic acid groups (broad SMARTS) is 1. The number of rotatable bonds is 11. The zero-order valence-corrected chi connectivity index (χ0v) is 19.8. The van der Waals surface area contributed by atoms with Crippen LogP contribution in [0.3, 0.4) is 0 Å². The minimum absolute atomic E-state index is 0.0264. The number of phenols is 1. The van der Waals surface area contributed by atoms with Gasteiger partial charge in [-0.25, -0.2) is 4.79 Å². The van der Waals surface area contributed by atoms with E-state index in [2.05, 4.69) is 10.6 Å². The van der Waals surface area contributed by atoms with Gasteiger partial charge in [-0.05, 0) is 36.5 Å². The Labute approximate surface area is 203 Å². The predicted molar refractivity (Wildman–Crippen MR) is 125 cm³/mol. The minimum Gasteiger partial charge on any atom is -0.508 e. The molecular weight excluding hydrogens is 458 g/mol. The first-order valence-corrected chi connectivity index (χ1v) is 11.4. The van der Waals surface area contributed by atoms with E-state index < -0.39 is 60.2 Å². The second kappa shape index (κ2) is 12.2. The number of likely N-dealkylation sites (tertiary alicyclic amines) is 1. The van der Waals surface area contributed by atoms with Crippen molar-refractivity contribution < 1.29 is 34.2 Å². The van der Waals surface area contributed by atoms with E-state index in [1.54, 1.807) is 26.0 Å². The number of nitrogens with zero attached hydrogens (tertiary/aromatic N) is 1. The lowest BCUT2D eigenvalue weighted by molar-refractivity contribution is -0.145. The van der Waals surface area contributed by atoms with Gasteiger partial charge in [-0.2, -0.15) is 0 Å². The van der Waals surface area contributed by atoms with Gasteiger partial charge in [0.05, 0.1) is 12.5 Å². The highest BCUT2D eigenvalue weighted by Crippen LogP contribution is 2.21. The zero-order valence-electron chi connectivity index (χ0n) is 19.8. The van der Waals surface area contributed by atoms with Gasteiger partial charge >= 0.3 is 5.97 Å². The smallest absolute Gasteiger partial charge is 0.326 e. The highest BCUT2D eigenvalue weighted by molar-refractivity contribution is 5.95. The summed E-state index contributed by atoms with van der Waals surface area (Å²) in [6, 6.07) is 1.63. The average Bonchev–Trinajstić information content (AvgIpc) is 3.26. The Morgan fingerprint density at radius 2 is 1.74 bits per heavy atom. The first kappa shape index (κ1) is 27.6. The zero-order chi connectivity index (χ0) is 26.3. The Balaban J connectivity index is 2.24. The number of hydrogen-bond acceptors (Lipinski definition) is 7. The quantitative estimate of drug-likeness (QED) is 0.222. The van der Waals surface area contributed by atoms with Crippen molar-refractivity contribution in [3.8, 4) is 5.75 Å². The van der Waals surface area contributed by atoms with E-state index in [1.165, 1.54) is 17.0 Å². The number of nitrogens with two attached hydrogens (primary N) is 2. The summed E-state index contributed by atoms with van der Waals surface area (Å²) in [4.78, 5) is 62.9. The van der Waals surface area contributed by atoms with E-state index in [9.17, 15) is 34.2 Å². The largest absolute Gasteiger partial charge is 0.508 e. The van der Waals surface area contributed by atoms with Crippen molar-refractivity contribution in [1.82, 2.24) is 15.5 Å². The Bertz CT molecular complexity index is 950. The van der Waals surface area contributed by atoms with Gasteiger partial charge in [-0.15, -0.1) is 0 Å². The third kappa shape index (κ3) is 7.67. The summed E-state index contributed by atoms with van der Waals surface area (Å²) in [6.07, 6.45) is 0.475. The Morgan fingerprint density at radius 3 is 2.29 bits per heavy atom. The number of carbonyl (C=O) groups excluding carboxylic acids is 4. The van der Waals surface area contributed by atoms with Crippen LogP contribution in [0, 0.1) is 5.92 Å². The third-order valence-electron chi connectivity index (χ3n) is 5.82. The lowest BCUT2D eigenvalue weighted by atomic mass is 10.0. The minimum atomic E-state index is -1.26. The Kier molecular flexibility index (Phi) is 9.58. The lowest BCUT2D eigenvalue weighted by Crippen LogP contribution is -2.58. The van der Waals surface area contributed by atoms with Crippen molar-refractivity contribution in [2.75, 3.05) is 6.54 Å². The second-order valence-corrected chi connectivity index (χ2v) is 8.97. The number of amides is 4. The van der Waals surface area contributed by atoms with Crippen LogP contribution in [-0.4, -0.2) is 75.4 Å². The molecule has 8 N–H and O–H groups in total. The molecule has 1 aliphatic heterocycles. The molecule has 192 valence electrons. The number of aromatic hydroxyl groups is 1. The maximum atomic E-state index is 13.5. The molecule has 35 heavy (non-hydrogen) atoms. The van der Waals surface area contributed by atoms with Gasteiger partial charge in [0.15, 0.2) is 0 Å². The van der Waals surface area contributed by atoms with Gasteiger partial charge in [0.1, 0.15) is 23.9 Å². The topological polar surface area (TPSA) is 205 Å². The summed E-state index contributed by atoms with van der Waals surface area (Å²) in [6.45, 7) is 3.57. The molecule has 0 aromatic heterocycles. The summed E-state index contributed by atoms with van der Waals surface area (Å²) in [5, 5.41) is 24.0. The molecule has 2 rings (SSSR count). The van der Waals surface area contributed by atoms with Crippen molar-refractivity contribution in [3.63, 3.8) is 0 Å². The monoisotopic (exact) mass is 491 g/mol. The lowest BCUT2D eigenvalue weighted by Gasteiger charge is -2.30. The van der Waals surface area contributed by atoms with Crippen LogP contribution in [0.2, 0.25) is 0 Å². The van der Waals surface area contributed by atoms with Crippen LogP contribution in [0.5, 0.6) is 5.75 Å². The fraction of sp³-hybridized carbons (Fsp3) is 0.522. The first-order chi connectivity index (χ1) is 16.4. The van der Waals surface area contributed by atoms with Gasteiger partial charge in [0, 0.05) is 13.0 Å². The molecule has 12 nitrogen and oxygen atoms in total. The fourth-order valence-electron chi connectivity index (χ4n) is 3.92. The van der Waals surface area contributed by atoms with Crippen molar-refractivity contribution in [2.24, 2.45) is 17.4 Å². The van der Waals surface area contributed by atoms with Gasteiger partial charge in [0.2, 0.25) is 23.6 Å². The van der Waals surface area contributed by atoms with Gasteiger partial charge in [-0.3, -0.25) is 19.2 Å². The molecule has 12 heteroatoms. The molecule has 4 atom stereocenters. The average molecular weight is 492 g/mol. The van der Waals surface area contributed by atoms with Crippen LogP contribution in [0.15, 0.2) is 24.3 Å². The first-order valence-electron chi connectivity index (χ1n) is 11.4. The molecule has 1 aromatic rings. The van der Waals surface area contributed by atoms with Crippen LogP contribution in [0.25, 0.3) is 0 Å². The summed E-state index contributed by atoms with van der Waals surface area (Å²) in [5.74, 6) is -4.18. The molecule has 1 saturated heterocycles. The van der Waals surface area contributed by atoms with E-state index in [0.29, 0.717) is 18.4 Å². The number of benzene rings is 1. The normalized spacial score (nSPS) is 17.9. The van der Waals surface area contributed by atoms with Crippen LogP contribution >= 0.6 is 0 Å². The number of nitrogens with one attached hydrogen (secondary N) is 2. The van der Waals surface area contributed by atoms with Crippen LogP contribution in [0.4, 0.5) is 0 Å². The van der Waals surface area contributed by atoms with Gasteiger partial charge in [-0.1, -0.05) is 26.0 Å². The van der Waals surface area contributed by atoms with Crippen molar-refractivity contribution in [3.05, 3.63) is 29.8 Å². The standard InChI is InChI=1S/C23H33N5O7/c1-12(2)19(23(34)35)27-21(32)17-4-3-9-28(17)22(33)16(10-13-5-7-14(29)8-6-13)26-20(31)15(24)11-18(25)30/h5-8,12,15-17,19,29H,3-4,9-11,24H2,1-2H3,(H2,25,30)(H,26,31)(H,27,32)(H,34,35). The molecule has 1 aliphatic rings. The second-order valence-electron chi connectivity index (χ2n) is 8.97. The van der Waals surface area contributed by atoms with E-state index in [4.69, 9.17) is 11.5 Å². The maximum absolute atomic E-state index is 13.5. The van der Waals surface area contributed by atoms with Crippen LogP contribution in [0.1, 0.15) is 38.7 Å². The molecule has 0 bridgehead atoms. The van der Waals surface area contributed by atoms with Gasteiger partial charge < -0.3 is 37.2 Å². The number of hydrogen-bond donors (Lipinski definition) is 6. The van der Waals surface area contributed by atoms with Crippen LogP contribution < -0.4 is 22.1 Å². The van der Waals surface area contributed by atoms with Crippen LogP contribution in [-0.2, 0) is 30.4 Å². The summed E-state index contributed by atoms with van der Waals surface area (Å²) in [5.41, 5.74) is 11.5. The predicted octanol–water partition coefficient (Wildman–Crippen LogP) is -1.16. The van der Waals surface area contributed by atoms with E-state index >= 15 is 0 Å². The number of primary amides is 1. The third-order valence-corrected chi connectivity index (χ3v) is 5.82. The highest BCUT2D eigenvalue weighted by Gasteiger charge is 2.39. The summed E-state index contributed by atoms with van der Waals surface area (Å²) in [7, 11) is 0. The van der Waals surface area contributed by atoms with Crippen molar-refractivity contribution in [2.45, 2.75) is 63.7 Å². The SMILES string of the molecule is CC(C)C(NC(=O)C1CCCN1C(=O)C(Cc1ccc(O)cc1)NC(=O)C(N)CC(N)=O)C(=O)O. The van der Waals surface area contributed by atoms with E-state index in [1.807, 2.05) is 0 Å². The molecule has 1 aromatic carbocycles. The Morgan fingerprint density at radius 1 is 1.11 bits per heavy atom. The summed E-state index contributed by atoms with van der Waals surface area (Å²) < 4.78 is 0. The number of carboxylic acids is 1. The fourth-order valence-corrected chi connectivity index (χ4v) is 3.92. The Hall–Kier alpha value is -3.67. The number of phenolic OH excluding ortho intramolecular Hbond substituents is 1. The molecule has 4 amide bonds. The number of carbonyl (C=O) groups is 5. The molecule has 0 saturated carbocycles. The van der Waals surface area contributed by atoms with Crippen molar-refractivity contribution in [1.29, 1.82) is 0 Å². The van der Waals surface area contributed by atoms with Gasteiger partial charge in [0.25, 0.3) is 0 Å². The van der Waals surface area contributed by atoms with E-state index in [-0.39, 0.29) is 24.6 Å². The molecule has 0 spiro atoms.